The number of nitrogens with zero attached hydrogens (tertiary/aromatic N) is 1. The zero-order valence-electron chi connectivity index (χ0n) is 16.8. The maximum absolute atomic E-state index is 12.1. The van der Waals surface area contributed by atoms with Crippen LogP contribution in [0.5, 0.6) is 0 Å². The summed E-state index contributed by atoms with van der Waals surface area (Å²) in [6, 6.07) is 12.1. The van der Waals surface area contributed by atoms with E-state index in [-0.39, 0.29) is 24.9 Å². The number of aromatic nitrogens is 1. The van der Waals surface area contributed by atoms with E-state index in [0.29, 0.717) is 6.42 Å². The van der Waals surface area contributed by atoms with Gasteiger partial charge in [0.15, 0.2) is 10.9 Å². The highest BCUT2D eigenvalue weighted by atomic mass is 32.2. The van der Waals surface area contributed by atoms with Crippen LogP contribution in [0, 0.1) is 20.8 Å². The molecule has 1 N–H and O–H groups in total. The number of hydrogen-bond donors (Lipinski definition) is 1. The lowest BCUT2D eigenvalue weighted by Gasteiger charge is -2.13. The van der Waals surface area contributed by atoms with Gasteiger partial charge in [-0.2, -0.15) is 0 Å². The van der Waals surface area contributed by atoms with Gasteiger partial charge in [0.2, 0.25) is 0 Å². The number of fused-ring (bicyclic) bond motifs is 1. The molecule has 0 radical (unpaired) electrons. The summed E-state index contributed by atoms with van der Waals surface area (Å²) >= 11 is 3.30. The SMILES string of the molecule is Cc1cc(C)c(NC(=O)COC(=O)CCCSc2nc3ccccc3s2)c(C)c1. The fraction of sp³-hybridized carbons (Fsp3) is 0.318. The maximum Gasteiger partial charge on any atom is 0.306 e. The van der Waals surface area contributed by atoms with Crippen LogP contribution in [0.2, 0.25) is 0 Å². The van der Waals surface area contributed by atoms with Gasteiger partial charge in [-0.05, 0) is 50.5 Å². The molecule has 1 aromatic heterocycles. The fourth-order valence-electron chi connectivity index (χ4n) is 3.06. The van der Waals surface area contributed by atoms with Crippen molar-refractivity contribution in [3.05, 3.63) is 53.1 Å². The minimum atomic E-state index is -0.359. The molecule has 5 nitrogen and oxygen atoms in total. The first-order valence-electron chi connectivity index (χ1n) is 9.44. The summed E-state index contributed by atoms with van der Waals surface area (Å²) in [7, 11) is 0. The Kier molecular flexibility index (Phi) is 7.28. The number of aryl methyl sites for hydroxylation is 3. The van der Waals surface area contributed by atoms with Crippen molar-refractivity contribution >= 4 is 50.9 Å². The number of nitrogens with one attached hydrogen (secondary N) is 1. The Bertz CT molecular complexity index is 974. The molecule has 3 rings (SSSR count). The number of carbonyl (C=O) groups is 2. The number of ether oxygens (including phenoxy) is 1. The van der Waals surface area contributed by atoms with Gasteiger partial charge in [-0.1, -0.05) is 41.6 Å². The van der Waals surface area contributed by atoms with Crippen molar-refractivity contribution in [2.75, 3.05) is 17.7 Å². The summed E-state index contributed by atoms with van der Waals surface area (Å²) in [4.78, 5) is 28.6. The van der Waals surface area contributed by atoms with E-state index in [1.54, 1.807) is 23.1 Å². The summed E-state index contributed by atoms with van der Waals surface area (Å²) in [6.07, 6.45) is 0.963. The number of hydrogen-bond acceptors (Lipinski definition) is 6. The molecule has 0 bridgehead atoms. The van der Waals surface area contributed by atoms with Crippen LogP contribution in [-0.2, 0) is 14.3 Å². The molecule has 0 spiro atoms. The van der Waals surface area contributed by atoms with Crippen molar-refractivity contribution < 1.29 is 14.3 Å². The lowest BCUT2D eigenvalue weighted by atomic mass is 10.1. The van der Waals surface area contributed by atoms with Crippen LogP contribution in [-0.4, -0.2) is 29.2 Å². The standard InChI is InChI=1S/C22H24N2O3S2/c1-14-11-15(2)21(16(3)12-14)24-19(25)13-27-20(26)9-6-10-28-22-23-17-7-4-5-8-18(17)29-22/h4-5,7-8,11-12H,6,9-10,13H2,1-3H3,(H,24,25). The fourth-order valence-corrected chi connectivity index (χ4v) is 5.14. The van der Waals surface area contributed by atoms with E-state index >= 15 is 0 Å². The Balaban J connectivity index is 1.37. The second-order valence-electron chi connectivity index (χ2n) is 6.88. The number of thioether (sulfide) groups is 1. The number of rotatable bonds is 8. The summed E-state index contributed by atoms with van der Waals surface area (Å²) in [6.45, 7) is 5.65. The average molecular weight is 429 g/mol. The summed E-state index contributed by atoms with van der Waals surface area (Å²) < 4.78 is 7.28. The van der Waals surface area contributed by atoms with Crippen molar-refractivity contribution in [3.63, 3.8) is 0 Å². The van der Waals surface area contributed by atoms with Crippen LogP contribution in [0.25, 0.3) is 10.2 Å². The topological polar surface area (TPSA) is 68.3 Å². The van der Waals surface area contributed by atoms with Crippen LogP contribution in [0.3, 0.4) is 0 Å². The van der Waals surface area contributed by atoms with Crippen molar-refractivity contribution in [2.45, 2.75) is 38.0 Å². The highest BCUT2D eigenvalue weighted by molar-refractivity contribution is 8.01. The molecule has 0 atom stereocenters. The number of anilines is 1. The Morgan fingerprint density at radius 1 is 1.14 bits per heavy atom. The summed E-state index contributed by atoms with van der Waals surface area (Å²) in [5, 5.41) is 2.84. The molecule has 0 aliphatic heterocycles. The summed E-state index contributed by atoms with van der Waals surface area (Å²) in [5.74, 6) is 0.0998. The van der Waals surface area contributed by atoms with E-state index in [0.717, 1.165) is 38.0 Å². The third-order valence-electron chi connectivity index (χ3n) is 4.33. The predicted octanol–water partition coefficient (Wildman–Crippen LogP) is 5.28. The predicted molar refractivity (Wildman–Crippen MR) is 120 cm³/mol. The number of benzene rings is 2. The minimum absolute atomic E-state index is 0.267. The van der Waals surface area contributed by atoms with Crippen LogP contribution in [0.4, 0.5) is 5.69 Å². The number of para-hydroxylation sites is 1. The molecule has 0 unspecified atom stereocenters. The van der Waals surface area contributed by atoms with Crippen LogP contribution >= 0.6 is 23.1 Å². The molecular weight excluding hydrogens is 404 g/mol. The van der Waals surface area contributed by atoms with Crippen molar-refractivity contribution in [2.24, 2.45) is 0 Å². The number of amides is 1. The van der Waals surface area contributed by atoms with Gasteiger partial charge in [-0.15, -0.1) is 11.3 Å². The number of thiazole rings is 1. The van der Waals surface area contributed by atoms with E-state index in [2.05, 4.69) is 16.4 Å². The quantitative estimate of drug-likeness (QED) is 0.300. The Morgan fingerprint density at radius 2 is 1.86 bits per heavy atom. The zero-order chi connectivity index (χ0) is 20.8. The molecule has 0 aliphatic rings. The molecule has 0 saturated carbocycles. The third kappa shape index (κ3) is 6.05. The molecule has 152 valence electrons. The highest BCUT2D eigenvalue weighted by Crippen LogP contribution is 2.29. The monoisotopic (exact) mass is 428 g/mol. The molecule has 1 amide bonds. The Morgan fingerprint density at radius 3 is 2.59 bits per heavy atom. The normalized spacial score (nSPS) is 10.9. The van der Waals surface area contributed by atoms with Gasteiger partial charge in [0, 0.05) is 17.9 Å². The smallest absolute Gasteiger partial charge is 0.306 e. The van der Waals surface area contributed by atoms with Crippen molar-refractivity contribution in [1.29, 1.82) is 0 Å². The zero-order valence-corrected chi connectivity index (χ0v) is 18.4. The van der Waals surface area contributed by atoms with Gasteiger partial charge < -0.3 is 10.1 Å². The van der Waals surface area contributed by atoms with Gasteiger partial charge in [-0.3, -0.25) is 9.59 Å². The van der Waals surface area contributed by atoms with E-state index < -0.39 is 0 Å². The molecule has 0 fully saturated rings. The van der Waals surface area contributed by atoms with Gasteiger partial charge in [0.05, 0.1) is 10.2 Å². The van der Waals surface area contributed by atoms with E-state index in [4.69, 9.17) is 4.74 Å². The molecule has 2 aromatic carbocycles. The second-order valence-corrected chi connectivity index (χ2v) is 9.25. The molecule has 7 heteroatoms. The lowest BCUT2D eigenvalue weighted by molar-refractivity contribution is -0.147. The first kappa shape index (κ1) is 21.3. The molecule has 29 heavy (non-hydrogen) atoms. The van der Waals surface area contributed by atoms with Crippen LogP contribution in [0.1, 0.15) is 29.5 Å². The first-order valence-corrected chi connectivity index (χ1v) is 11.2. The van der Waals surface area contributed by atoms with Gasteiger partial charge >= 0.3 is 5.97 Å². The average Bonchev–Trinajstić information content (AvgIpc) is 3.09. The van der Waals surface area contributed by atoms with E-state index in [9.17, 15) is 9.59 Å². The van der Waals surface area contributed by atoms with Gasteiger partial charge in [0.25, 0.3) is 5.91 Å². The maximum atomic E-state index is 12.1. The second kappa shape index (κ2) is 9.89. The molecule has 0 saturated heterocycles. The van der Waals surface area contributed by atoms with Crippen LogP contribution in [0.15, 0.2) is 40.7 Å². The Hall–Kier alpha value is -2.38. The van der Waals surface area contributed by atoms with Crippen LogP contribution < -0.4 is 5.32 Å². The molecule has 0 aliphatic carbocycles. The van der Waals surface area contributed by atoms with Gasteiger partial charge in [0.1, 0.15) is 0 Å². The summed E-state index contributed by atoms with van der Waals surface area (Å²) in [5.41, 5.74) is 4.92. The number of carbonyl (C=O) groups excluding carboxylic acids is 2. The molecule has 1 heterocycles. The third-order valence-corrected chi connectivity index (χ3v) is 6.60. The van der Waals surface area contributed by atoms with Crippen molar-refractivity contribution in [1.82, 2.24) is 4.98 Å². The molecule has 3 aromatic rings. The first-order chi connectivity index (χ1) is 13.9. The highest BCUT2D eigenvalue weighted by Gasteiger charge is 2.11. The van der Waals surface area contributed by atoms with E-state index in [1.165, 1.54) is 4.70 Å². The Labute approximate surface area is 178 Å². The largest absolute Gasteiger partial charge is 0.456 e. The van der Waals surface area contributed by atoms with E-state index in [1.807, 2.05) is 51.1 Å². The lowest BCUT2D eigenvalue weighted by Crippen LogP contribution is -2.21. The minimum Gasteiger partial charge on any atom is -0.456 e. The van der Waals surface area contributed by atoms with Crippen molar-refractivity contribution in [3.8, 4) is 0 Å². The van der Waals surface area contributed by atoms with Gasteiger partial charge in [-0.25, -0.2) is 4.98 Å². The molecular formula is C22H24N2O3S2. The number of esters is 1.